The zero-order chi connectivity index (χ0) is 10.9. The third-order valence-electron chi connectivity index (χ3n) is 3.35. The van der Waals surface area contributed by atoms with Gasteiger partial charge in [0.15, 0.2) is 6.10 Å². The first-order chi connectivity index (χ1) is 7.07. The Morgan fingerprint density at radius 2 is 1.87 bits per heavy atom. The number of fused-ring (bicyclic) bond motifs is 1. The lowest BCUT2D eigenvalue weighted by Crippen LogP contribution is -2.42. The van der Waals surface area contributed by atoms with Crippen LogP contribution in [0.2, 0.25) is 0 Å². The number of nitrogens with one attached hydrogen (secondary N) is 1. The average Bonchev–Trinajstić information content (AvgIpc) is 2.38. The topological polar surface area (TPSA) is 21.3 Å². The van der Waals surface area contributed by atoms with E-state index in [1.54, 1.807) is 0 Å². The van der Waals surface area contributed by atoms with Crippen molar-refractivity contribution in [3.8, 4) is 0 Å². The summed E-state index contributed by atoms with van der Waals surface area (Å²) in [5.41, 5.74) is 0. The van der Waals surface area contributed by atoms with Crippen LogP contribution in [-0.4, -0.2) is 31.5 Å². The monoisotopic (exact) mass is 223 g/mol. The number of ether oxygens (including phenoxy) is 1. The van der Waals surface area contributed by atoms with Gasteiger partial charge in [-0.3, -0.25) is 0 Å². The normalized spacial score (nSPS) is 38.2. The Morgan fingerprint density at radius 1 is 1.13 bits per heavy atom. The first kappa shape index (κ1) is 11.2. The number of hydrogen-bond donors (Lipinski definition) is 1. The van der Waals surface area contributed by atoms with Gasteiger partial charge in [0.1, 0.15) is 0 Å². The van der Waals surface area contributed by atoms with Crippen LogP contribution in [0, 0.1) is 5.92 Å². The van der Waals surface area contributed by atoms with E-state index in [1.807, 2.05) is 0 Å². The fourth-order valence-electron chi connectivity index (χ4n) is 2.44. The highest BCUT2D eigenvalue weighted by molar-refractivity contribution is 4.86. The maximum Gasteiger partial charge on any atom is 0.415 e. The Morgan fingerprint density at radius 3 is 2.60 bits per heavy atom. The van der Waals surface area contributed by atoms with E-state index in [2.05, 4.69) is 5.32 Å². The van der Waals surface area contributed by atoms with E-state index in [-0.39, 0.29) is 25.1 Å². The average molecular weight is 223 g/mol. The largest absolute Gasteiger partial charge is 0.415 e. The number of rotatable bonds is 0. The maximum atomic E-state index is 12.4. The minimum atomic E-state index is -4.24. The van der Waals surface area contributed by atoms with E-state index in [1.165, 1.54) is 0 Å². The second-order valence-electron chi connectivity index (χ2n) is 4.42. The fourth-order valence-corrected chi connectivity index (χ4v) is 2.44. The highest BCUT2D eigenvalue weighted by atomic mass is 19.4. The molecule has 2 nitrogen and oxygen atoms in total. The van der Waals surface area contributed by atoms with Crippen molar-refractivity contribution in [3.05, 3.63) is 0 Å². The SMILES string of the molecule is FC(F)(F)C1CNC2CCCCC2CO1. The van der Waals surface area contributed by atoms with Crippen molar-refractivity contribution >= 4 is 0 Å². The molecule has 0 radical (unpaired) electrons. The zero-order valence-electron chi connectivity index (χ0n) is 8.52. The zero-order valence-corrected chi connectivity index (χ0v) is 8.52. The first-order valence-corrected chi connectivity index (χ1v) is 5.49. The Labute approximate surface area is 87.2 Å². The van der Waals surface area contributed by atoms with Crippen LogP contribution in [0.3, 0.4) is 0 Å². The predicted octanol–water partition coefficient (Wildman–Crippen LogP) is 2.10. The van der Waals surface area contributed by atoms with E-state index in [0.717, 1.165) is 25.7 Å². The van der Waals surface area contributed by atoms with Crippen molar-refractivity contribution in [1.82, 2.24) is 5.32 Å². The smallest absolute Gasteiger partial charge is 0.367 e. The summed E-state index contributed by atoms with van der Waals surface area (Å²) >= 11 is 0. The van der Waals surface area contributed by atoms with Gasteiger partial charge < -0.3 is 10.1 Å². The van der Waals surface area contributed by atoms with Crippen LogP contribution in [-0.2, 0) is 4.74 Å². The molecule has 1 aliphatic heterocycles. The van der Waals surface area contributed by atoms with E-state index in [9.17, 15) is 13.2 Å². The molecule has 5 heteroatoms. The molecule has 15 heavy (non-hydrogen) atoms. The Hall–Kier alpha value is -0.290. The number of hydrogen-bond acceptors (Lipinski definition) is 2. The van der Waals surface area contributed by atoms with E-state index in [4.69, 9.17) is 4.74 Å². The molecule has 3 atom stereocenters. The van der Waals surface area contributed by atoms with Crippen molar-refractivity contribution in [3.63, 3.8) is 0 Å². The summed E-state index contributed by atoms with van der Waals surface area (Å²) in [6, 6.07) is 0.228. The molecule has 0 bridgehead atoms. The predicted molar refractivity (Wildman–Crippen MR) is 49.5 cm³/mol. The van der Waals surface area contributed by atoms with Crippen LogP contribution < -0.4 is 5.32 Å². The Balaban J connectivity index is 1.96. The molecule has 0 aromatic carbocycles. The summed E-state index contributed by atoms with van der Waals surface area (Å²) in [5, 5.41) is 3.00. The first-order valence-electron chi connectivity index (χ1n) is 5.49. The van der Waals surface area contributed by atoms with Gasteiger partial charge in [0, 0.05) is 12.6 Å². The lowest BCUT2D eigenvalue weighted by molar-refractivity contribution is -0.217. The van der Waals surface area contributed by atoms with Crippen LogP contribution >= 0.6 is 0 Å². The van der Waals surface area contributed by atoms with Gasteiger partial charge in [0.05, 0.1) is 6.61 Å². The second-order valence-corrected chi connectivity index (χ2v) is 4.42. The van der Waals surface area contributed by atoms with Gasteiger partial charge in [-0.25, -0.2) is 0 Å². The Bertz CT molecular complexity index is 203. The summed E-state index contributed by atoms with van der Waals surface area (Å²) in [6.07, 6.45) is -1.65. The number of alkyl halides is 3. The van der Waals surface area contributed by atoms with Crippen LogP contribution in [0.1, 0.15) is 25.7 Å². The lowest BCUT2D eigenvalue weighted by atomic mass is 9.85. The van der Waals surface area contributed by atoms with E-state index in [0.29, 0.717) is 0 Å². The van der Waals surface area contributed by atoms with Crippen molar-refractivity contribution in [2.24, 2.45) is 5.92 Å². The molecule has 0 amide bonds. The van der Waals surface area contributed by atoms with Crippen LogP contribution in [0.5, 0.6) is 0 Å². The molecule has 88 valence electrons. The van der Waals surface area contributed by atoms with Crippen LogP contribution in [0.15, 0.2) is 0 Å². The van der Waals surface area contributed by atoms with Gasteiger partial charge in [-0.05, 0) is 18.8 Å². The quantitative estimate of drug-likeness (QED) is 0.679. The molecule has 2 fully saturated rings. The molecule has 1 N–H and O–H groups in total. The molecule has 1 aliphatic carbocycles. The van der Waals surface area contributed by atoms with Crippen molar-refractivity contribution in [2.75, 3.05) is 13.2 Å². The summed E-state index contributed by atoms with van der Waals surface area (Å²) < 4.78 is 42.3. The fraction of sp³-hybridized carbons (Fsp3) is 1.00. The number of halogens is 3. The third kappa shape index (κ3) is 2.64. The van der Waals surface area contributed by atoms with E-state index < -0.39 is 12.3 Å². The third-order valence-corrected chi connectivity index (χ3v) is 3.35. The van der Waals surface area contributed by atoms with Gasteiger partial charge >= 0.3 is 6.18 Å². The highest BCUT2D eigenvalue weighted by Crippen LogP contribution is 2.30. The summed E-state index contributed by atoms with van der Waals surface area (Å²) in [5.74, 6) is 0.270. The van der Waals surface area contributed by atoms with Gasteiger partial charge in [-0.15, -0.1) is 0 Å². The van der Waals surface area contributed by atoms with Crippen molar-refractivity contribution < 1.29 is 17.9 Å². The van der Waals surface area contributed by atoms with Gasteiger partial charge in [-0.1, -0.05) is 12.8 Å². The van der Waals surface area contributed by atoms with Gasteiger partial charge in [0.2, 0.25) is 0 Å². The molecule has 1 saturated heterocycles. The minimum Gasteiger partial charge on any atom is -0.367 e. The van der Waals surface area contributed by atoms with Crippen LogP contribution in [0.25, 0.3) is 0 Å². The summed E-state index contributed by atoms with van der Waals surface area (Å²) in [4.78, 5) is 0. The molecular weight excluding hydrogens is 207 g/mol. The molecule has 1 saturated carbocycles. The highest BCUT2D eigenvalue weighted by Gasteiger charge is 2.43. The molecular formula is C10H16F3NO. The molecule has 2 rings (SSSR count). The summed E-state index contributed by atoms with van der Waals surface area (Å²) in [6.45, 7) is 0.159. The minimum absolute atomic E-state index is 0.0926. The Kier molecular flexibility index (Phi) is 3.21. The van der Waals surface area contributed by atoms with Gasteiger partial charge in [0.25, 0.3) is 0 Å². The molecule has 1 heterocycles. The lowest BCUT2D eigenvalue weighted by Gasteiger charge is -2.29. The standard InChI is InChI=1S/C10H16F3NO/c11-10(12,13)9-5-14-8-4-2-1-3-7(8)6-15-9/h7-9,14H,1-6H2. The van der Waals surface area contributed by atoms with Crippen molar-refractivity contribution in [2.45, 2.75) is 44.0 Å². The van der Waals surface area contributed by atoms with Crippen molar-refractivity contribution in [1.29, 1.82) is 0 Å². The van der Waals surface area contributed by atoms with Crippen LogP contribution in [0.4, 0.5) is 13.2 Å². The molecule has 0 aromatic heterocycles. The second kappa shape index (κ2) is 4.29. The molecule has 0 spiro atoms. The molecule has 3 unspecified atom stereocenters. The van der Waals surface area contributed by atoms with Gasteiger partial charge in [-0.2, -0.15) is 13.2 Å². The van der Waals surface area contributed by atoms with E-state index >= 15 is 0 Å². The molecule has 2 aliphatic rings. The molecule has 0 aromatic rings. The maximum absolute atomic E-state index is 12.4. The summed E-state index contributed by atoms with van der Waals surface area (Å²) in [7, 11) is 0.